The molecule has 0 N–H and O–H groups in total. The number of halogens is 3. The van der Waals surface area contributed by atoms with Crippen LogP contribution in [0.25, 0.3) is 5.65 Å². The molecule has 0 aliphatic carbocycles. The first kappa shape index (κ1) is 20.6. The van der Waals surface area contributed by atoms with Crippen LogP contribution in [-0.2, 0) is 15.8 Å². The molecule has 7 nitrogen and oxygen atoms in total. The number of amides is 2. The van der Waals surface area contributed by atoms with Crippen molar-refractivity contribution in [3.8, 4) is 0 Å². The number of rotatable bonds is 4. The molecule has 0 bridgehead atoms. The number of likely N-dealkylation sites (tertiary alicyclic amines) is 2. The van der Waals surface area contributed by atoms with Crippen molar-refractivity contribution in [3.05, 3.63) is 29.2 Å². The lowest BCUT2D eigenvalue weighted by molar-refractivity contribution is -0.142. The summed E-state index contributed by atoms with van der Waals surface area (Å²) < 4.78 is 41.7. The van der Waals surface area contributed by atoms with Crippen LogP contribution in [0.3, 0.4) is 0 Å². The molecule has 0 radical (unpaired) electrons. The quantitative estimate of drug-likeness (QED) is 0.758. The van der Waals surface area contributed by atoms with Gasteiger partial charge in [-0.25, -0.2) is 9.50 Å². The Morgan fingerprint density at radius 3 is 2.63 bits per heavy atom. The lowest BCUT2D eigenvalue weighted by atomic mass is 10.1. The Kier molecular flexibility index (Phi) is 5.19. The van der Waals surface area contributed by atoms with Crippen LogP contribution in [-0.4, -0.2) is 55.8 Å². The number of fused-ring (bicyclic) bond motifs is 1. The fourth-order valence-electron chi connectivity index (χ4n) is 4.17. The van der Waals surface area contributed by atoms with Crippen molar-refractivity contribution in [2.24, 2.45) is 0 Å². The maximum Gasteiger partial charge on any atom is 0.433 e. The number of alkyl halides is 3. The average Bonchev–Trinajstić information content (AvgIpc) is 3.38. The van der Waals surface area contributed by atoms with Gasteiger partial charge in [-0.05, 0) is 31.2 Å². The molecule has 2 aromatic heterocycles. The van der Waals surface area contributed by atoms with Crippen molar-refractivity contribution in [1.29, 1.82) is 0 Å². The van der Waals surface area contributed by atoms with Crippen molar-refractivity contribution in [3.63, 3.8) is 0 Å². The molecule has 162 valence electrons. The van der Waals surface area contributed by atoms with E-state index in [-0.39, 0.29) is 29.9 Å². The third-order valence-corrected chi connectivity index (χ3v) is 5.76. The fraction of sp³-hybridized carbons (Fsp3) is 0.600. The molecule has 2 aromatic rings. The molecule has 0 spiro atoms. The molecule has 1 unspecified atom stereocenters. The van der Waals surface area contributed by atoms with Crippen LogP contribution < -0.4 is 0 Å². The molecule has 4 heterocycles. The minimum absolute atomic E-state index is 0.00620. The summed E-state index contributed by atoms with van der Waals surface area (Å²) in [5.41, 5.74) is -0.0146. The van der Waals surface area contributed by atoms with Gasteiger partial charge in [0.25, 0.3) is 0 Å². The van der Waals surface area contributed by atoms with Gasteiger partial charge in [-0.2, -0.15) is 18.3 Å². The molecule has 10 heteroatoms. The van der Waals surface area contributed by atoms with Gasteiger partial charge in [0.15, 0.2) is 5.65 Å². The van der Waals surface area contributed by atoms with Gasteiger partial charge in [-0.15, -0.1) is 0 Å². The second-order valence-corrected chi connectivity index (χ2v) is 8.22. The van der Waals surface area contributed by atoms with Crippen molar-refractivity contribution in [1.82, 2.24) is 24.4 Å². The van der Waals surface area contributed by atoms with Gasteiger partial charge in [-0.1, -0.05) is 13.8 Å². The topological polar surface area (TPSA) is 70.8 Å². The minimum atomic E-state index is -4.57. The molecule has 2 amide bonds. The average molecular weight is 423 g/mol. The molecule has 2 saturated heterocycles. The minimum Gasteiger partial charge on any atom is -0.333 e. The predicted octanol–water partition coefficient (Wildman–Crippen LogP) is 3.16. The van der Waals surface area contributed by atoms with Crippen molar-refractivity contribution < 1.29 is 22.8 Å². The molecule has 4 rings (SSSR count). The Hall–Kier alpha value is -2.65. The molecular weight excluding hydrogens is 399 g/mol. The highest BCUT2D eigenvalue weighted by atomic mass is 19.4. The van der Waals surface area contributed by atoms with Crippen molar-refractivity contribution in [2.75, 3.05) is 19.6 Å². The van der Waals surface area contributed by atoms with E-state index in [0.29, 0.717) is 37.3 Å². The SMILES string of the molecule is CC(C)c1cc(C(F)(F)F)n2nc(C3CCCN3C(=O)CN3CCCC3=O)cc2n1. The summed E-state index contributed by atoms with van der Waals surface area (Å²) in [6.07, 6.45) is -2.04. The second kappa shape index (κ2) is 7.55. The first-order valence-electron chi connectivity index (χ1n) is 10.2. The number of carbonyl (C=O) groups excluding carboxylic acids is 2. The lowest BCUT2D eigenvalue weighted by Crippen LogP contribution is -2.40. The highest BCUT2D eigenvalue weighted by Crippen LogP contribution is 2.35. The summed E-state index contributed by atoms with van der Waals surface area (Å²) >= 11 is 0. The van der Waals surface area contributed by atoms with E-state index in [1.165, 1.54) is 0 Å². The molecule has 1 atom stereocenters. The molecule has 2 fully saturated rings. The van der Waals surface area contributed by atoms with Gasteiger partial charge in [0.05, 0.1) is 18.3 Å². The van der Waals surface area contributed by atoms with Gasteiger partial charge in [-0.3, -0.25) is 9.59 Å². The van der Waals surface area contributed by atoms with E-state index in [0.717, 1.165) is 23.4 Å². The van der Waals surface area contributed by atoms with Crippen LogP contribution in [0.4, 0.5) is 13.2 Å². The number of nitrogens with zero attached hydrogens (tertiary/aromatic N) is 5. The van der Waals surface area contributed by atoms with Crippen LogP contribution in [0.2, 0.25) is 0 Å². The maximum atomic E-state index is 13.6. The van der Waals surface area contributed by atoms with Gasteiger partial charge in [0.2, 0.25) is 11.8 Å². The van der Waals surface area contributed by atoms with E-state index < -0.39 is 17.9 Å². The van der Waals surface area contributed by atoms with Crippen molar-refractivity contribution in [2.45, 2.75) is 57.7 Å². The number of aromatic nitrogens is 3. The Bertz CT molecular complexity index is 985. The number of hydrogen-bond acceptors (Lipinski definition) is 4. The zero-order valence-corrected chi connectivity index (χ0v) is 16.9. The van der Waals surface area contributed by atoms with Gasteiger partial charge in [0.1, 0.15) is 5.69 Å². The number of carbonyl (C=O) groups is 2. The van der Waals surface area contributed by atoms with Gasteiger partial charge < -0.3 is 9.80 Å². The smallest absolute Gasteiger partial charge is 0.333 e. The maximum absolute atomic E-state index is 13.6. The van der Waals surface area contributed by atoms with Gasteiger partial charge in [0, 0.05) is 31.3 Å². The summed E-state index contributed by atoms with van der Waals surface area (Å²) in [4.78, 5) is 32.2. The Labute approximate surface area is 171 Å². The first-order chi connectivity index (χ1) is 14.1. The van der Waals surface area contributed by atoms with Crippen LogP contribution >= 0.6 is 0 Å². The molecule has 2 aliphatic heterocycles. The summed E-state index contributed by atoms with van der Waals surface area (Å²) in [7, 11) is 0. The molecule has 0 saturated carbocycles. The summed E-state index contributed by atoms with van der Waals surface area (Å²) in [5.74, 6) is -0.402. The highest BCUT2D eigenvalue weighted by Gasteiger charge is 2.38. The largest absolute Gasteiger partial charge is 0.433 e. The normalized spacial score (nSPS) is 20.2. The van der Waals surface area contributed by atoms with E-state index in [1.807, 2.05) is 0 Å². The lowest BCUT2D eigenvalue weighted by Gasteiger charge is -2.26. The zero-order chi connectivity index (χ0) is 21.6. The molecule has 0 aromatic carbocycles. The van der Waals surface area contributed by atoms with E-state index in [2.05, 4.69) is 10.1 Å². The van der Waals surface area contributed by atoms with Crippen LogP contribution in [0.15, 0.2) is 12.1 Å². The monoisotopic (exact) mass is 423 g/mol. The summed E-state index contributed by atoms with van der Waals surface area (Å²) in [6, 6.07) is 2.16. The number of hydrogen-bond donors (Lipinski definition) is 0. The van der Waals surface area contributed by atoms with E-state index in [1.54, 1.807) is 29.7 Å². The third-order valence-electron chi connectivity index (χ3n) is 5.76. The van der Waals surface area contributed by atoms with Crippen LogP contribution in [0.1, 0.15) is 68.6 Å². The summed E-state index contributed by atoms with van der Waals surface area (Å²) in [5, 5.41) is 4.20. The van der Waals surface area contributed by atoms with Gasteiger partial charge >= 0.3 is 6.18 Å². The van der Waals surface area contributed by atoms with Crippen molar-refractivity contribution >= 4 is 17.5 Å². The molecule has 2 aliphatic rings. The van der Waals surface area contributed by atoms with E-state index >= 15 is 0 Å². The van der Waals surface area contributed by atoms with E-state index in [9.17, 15) is 22.8 Å². The third kappa shape index (κ3) is 3.75. The summed E-state index contributed by atoms with van der Waals surface area (Å²) in [6.45, 7) is 4.64. The standard InChI is InChI=1S/C20H24F3N5O2/c1-12(2)13-9-16(20(21,22)23)28-17(24-13)10-14(25-28)15-5-3-8-27(15)19(30)11-26-7-4-6-18(26)29/h9-10,12,15H,3-8,11H2,1-2H3. The Morgan fingerprint density at radius 1 is 1.23 bits per heavy atom. The molecular formula is C20H24F3N5O2. The highest BCUT2D eigenvalue weighted by molar-refractivity contribution is 5.86. The van der Waals surface area contributed by atoms with Crippen LogP contribution in [0, 0.1) is 0 Å². The fourth-order valence-corrected chi connectivity index (χ4v) is 4.17. The first-order valence-corrected chi connectivity index (χ1v) is 10.2. The zero-order valence-electron chi connectivity index (χ0n) is 16.9. The molecule has 30 heavy (non-hydrogen) atoms. The van der Waals surface area contributed by atoms with E-state index in [4.69, 9.17) is 0 Å². The van der Waals surface area contributed by atoms with Crippen LogP contribution in [0.5, 0.6) is 0 Å². The Balaban J connectivity index is 1.66. The predicted molar refractivity (Wildman–Crippen MR) is 102 cm³/mol. The second-order valence-electron chi connectivity index (χ2n) is 8.22. The Morgan fingerprint density at radius 2 is 2.00 bits per heavy atom.